The Morgan fingerprint density at radius 1 is 0.455 bits per heavy atom. The molecular weight excluding hydrogens is 544 g/mol. The molecule has 4 heteroatoms. The van der Waals surface area contributed by atoms with Gasteiger partial charge >= 0.3 is 11.9 Å². The van der Waals surface area contributed by atoms with Gasteiger partial charge in [-0.3, -0.25) is 9.59 Å². The highest BCUT2D eigenvalue weighted by Gasteiger charge is 2.33. The first-order valence-corrected chi connectivity index (χ1v) is 19.7. The van der Waals surface area contributed by atoms with Crippen molar-refractivity contribution in [2.45, 2.75) is 208 Å². The SMILES string of the molecule is CCCCCCCOC(=O)CCCCCCCCCCCCCCCCC(C(C)C)C(C(=O)OCCCCCCC)C(C)C. The van der Waals surface area contributed by atoms with Crippen molar-refractivity contribution in [1.82, 2.24) is 0 Å². The number of ether oxygens (including phenoxy) is 2. The van der Waals surface area contributed by atoms with Crippen LogP contribution in [0.4, 0.5) is 0 Å². The zero-order valence-electron chi connectivity index (χ0n) is 30.7. The van der Waals surface area contributed by atoms with Crippen molar-refractivity contribution in [2.24, 2.45) is 23.7 Å². The number of rotatable bonds is 33. The summed E-state index contributed by atoms with van der Waals surface area (Å²) < 4.78 is 11.1. The molecule has 0 amide bonds. The van der Waals surface area contributed by atoms with Crippen molar-refractivity contribution in [1.29, 1.82) is 0 Å². The number of carbonyl (C=O) groups excluding carboxylic acids is 2. The first-order chi connectivity index (χ1) is 21.3. The Morgan fingerprint density at radius 2 is 0.841 bits per heavy atom. The van der Waals surface area contributed by atoms with Crippen LogP contribution < -0.4 is 0 Å². The summed E-state index contributed by atoms with van der Waals surface area (Å²) in [5.41, 5.74) is 0. The molecule has 0 N–H and O–H groups in total. The zero-order valence-corrected chi connectivity index (χ0v) is 30.7. The molecule has 0 heterocycles. The second-order valence-corrected chi connectivity index (χ2v) is 14.4. The first-order valence-electron chi connectivity index (χ1n) is 19.7. The van der Waals surface area contributed by atoms with Crippen molar-refractivity contribution in [3.05, 3.63) is 0 Å². The number of unbranched alkanes of at least 4 members (excludes halogenated alkanes) is 21. The van der Waals surface area contributed by atoms with E-state index in [0.717, 1.165) is 32.1 Å². The van der Waals surface area contributed by atoms with Gasteiger partial charge in [-0.1, -0.05) is 176 Å². The highest BCUT2D eigenvalue weighted by atomic mass is 16.5. The fourth-order valence-electron chi connectivity index (χ4n) is 6.58. The van der Waals surface area contributed by atoms with Crippen LogP contribution in [0.2, 0.25) is 0 Å². The van der Waals surface area contributed by atoms with E-state index in [0.29, 0.717) is 37.4 Å². The molecule has 0 saturated heterocycles. The number of esters is 2. The van der Waals surface area contributed by atoms with Crippen molar-refractivity contribution < 1.29 is 19.1 Å². The van der Waals surface area contributed by atoms with Gasteiger partial charge in [0.15, 0.2) is 0 Å². The molecule has 0 aliphatic carbocycles. The second-order valence-electron chi connectivity index (χ2n) is 14.4. The van der Waals surface area contributed by atoms with E-state index in [1.807, 2.05) is 0 Å². The molecule has 0 aromatic carbocycles. The van der Waals surface area contributed by atoms with E-state index in [2.05, 4.69) is 41.5 Å². The maximum Gasteiger partial charge on any atom is 0.309 e. The van der Waals surface area contributed by atoms with Crippen molar-refractivity contribution in [3.8, 4) is 0 Å². The third-order valence-electron chi connectivity index (χ3n) is 9.48. The molecule has 262 valence electrons. The molecule has 0 bridgehead atoms. The number of hydrogen-bond donors (Lipinski definition) is 0. The van der Waals surface area contributed by atoms with Gasteiger partial charge in [0, 0.05) is 6.42 Å². The second kappa shape index (κ2) is 31.9. The average molecular weight is 623 g/mol. The Bertz CT molecular complexity index is 629. The van der Waals surface area contributed by atoms with Crippen LogP contribution in [0.3, 0.4) is 0 Å². The minimum absolute atomic E-state index is 0.000635. The summed E-state index contributed by atoms with van der Waals surface area (Å²) in [4.78, 5) is 24.8. The summed E-state index contributed by atoms with van der Waals surface area (Å²) in [5.74, 6) is 1.35. The smallest absolute Gasteiger partial charge is 0.309 e. The van der Waals surface area contributed by atoms with Crippen LogP contribution in [0.25, 0.3) is 0 Å². The lowest BCUT2D eigenvalue weighted by atomic mass is 9.74. The van der Waals surface area contributed by atoms with Crippen LogP contribution in [-0.4, -0.2) is 25.2 Å². The topological polar surface area (TPSA) is 52.6 Å². The fourth-order valence-corrected chi connectivity index (χ4v) is 6.58. The molecule has 0 saturated carbocycles. The molecule has 2 atom stereocenters. The van der Waals surface area contributed by atoms with Gasteiger partial charge in [-0.15, -0.1) is 0 Å². The van der Waals surface area contributed by atoms with Crippen molar-refractivity contribution in [2.75, 3.05) is 13.2 Å². The molecule has 0 radical (unpaired) electrons. The molecular formula is C40H78O4. The lowest BCUT2D eigenvalue weighted by molar-refractivity contribution is -0.153. The van der Waals surface area contributed by atoms with Gasteiger partial charge in [-0.2, -0.15) is 0 Å². The Hall–Kier alpha value is -1.06. The summed E-state index contributed by atoms with van der Waals surface area (Å²) in [7, 11) is 0. The van der Waals surface area contributed by atoms with Crippen LogP contribution in [0.1, 0.15) is 208 Å². The molecule has 0 fully saturated rings. The van der Waals surface area contributed by atoms with Crippen LogP contribution in [-0.2, 0) is 19.1 Å². The summed E-state index contributed by atoms with van der Waals surface area (Å²) in [6, 6.07) is 0. The van der Waals surface area contributed by atoms with Crippen LogP contribution in [0, 0.1) is 23.7 Å². The van der Waals surface area contributed by atoms with E-state index in [4.69, 9.17) is 9.47 Å². The summed E-state index contributed by atoms with van der Waals surface area (Å²) in [6.45, 7) is 14.6. The highest BCUT2D eigenvalue weighted by Crippen LogP contribution is 2.33. The van der Waals surface area contributed by atoms with Gasteiger partial charge in [-0.25, -0.2) is 0 Å². The lowest BCUT2D eigenvalue weighted by Gasteiger charge is -2.31. The van der Waals surface area contributed by atoms with Crippen LogP contribution >= 0.6 is 0 Å². The number of carbonyl (C=O) groups is 2. The van der Waals surface area contributed by atoms with E-state index in [1.54, 1.807) is 0 Å². The van der Waals surface area contributed by atoms with Crippen molar-refractivity contribution >= 4 is 11.9 Å². The Kier molecular flexibility index (Phi) is 31.1. The molecule has 44 heavy (non-hydrogen) atoms. The molecule has 2 unspecified atom stereocenters. The molecule has 0 aromatic heterocycles. The molecule has 0 aliphatic rings. The van der Waals surface area contributed by atoms with Gasteiger partial charge in [0.2, 0.25) is 0 Å². The van der Waals surface area contributed by atoms with Gasteiger partial charge in [0.25, 0.3) is 0 Å². The Labute approximate surface area is 276 Å². The minimum Gasteiger partial charge on any atom is -0.466 e. The van der Waals surface area contributed by atoms with Gasteiger partial charge in [0.1, 0.15) is 0 Å². The summed E-state index contributed by atoms with van der Waals surface area (Å²) >= 11 is 0. The predicted molar refractivity (Wildman–Crippen MR) is 190 cm³/mol. The summed E-state index contributed by atoms with van der Waals surface area (Å²) in [6.07, 6.45) is 31.7. The third kappa shape index (κ3) is 26.2. The quantitative estimate of drug-likeness (QED) is 0.0539. The van der Waals surface area contributed by atoms with Gasteiger partial charge in [-0.05, 0) is 43.4 Å². The predicted octanol–water partition coefficient (Wildman–Crippen LogP) is 12.8. The van der Waals surface area contributed by atoms with E-state index >= 15 is 0 Å². The molecule has 0 rings (SSSR count). The van der Waals surface area contributed by atoms with E-state index in [-0.39, 0.29) is 17.9 Å². The maximum absolute atomic E-state index is 13.0. The zero-order chi connectivity index (χ0) is 32.7. The van der Waals surface area contributed by atoms with Crippen LogP contribution in [0.15, 0.2) is 0 Å². The summed E-state index contributed by atoms with van der Waals surface area (Å²) in [5, 5.41) is 0. The fraction of sp³-hybridized carbons (Fsp3) is 0.950. The number of hydrogen-bond acceptors (Lipinski definition) is 4. The van der Waals surface area contributed by atoms with E-state index < -0.39 is 0 Å². The molecule has 0 spiro atoms. The van der Waals surface area contributed by atoms with Gasteiger partial charge < -0.3 is 9.47 Å². The highest BCUT2D eigenvalue weighted by molar-refractivity contribution is 5.73. The Morgan fingerprint density at radius 3 is 1.27 bits per heavy atom. The van der Waals surface area contributed by atoms with E-state index in [1.165, 1.54) is 128 Å². The first kappa shape index (κ1) is 42.9. The normalized spacial score (nSPS) is 13.0. The van der Waals surface area contributed by atoms with Crippen LogP contribution in [0.5, 0.6) is 0 Å². The monoisotopic (exact) mass is 623 g/mol. The largest absolute Gasteiger partial charge is 0.466 e. The Balaban J connectivity index is 3.75. The standard InChI is InChI=1S/C40H78O4/c1-7-9-11-25-29-33-43-38(41)32-28-24-22-20-18-16-14-13-15-17-19-21-23-27-31-37(35(3)4)39(36(5)6)40(42)44-34-30-26-12-10-8-2/h35-37,39H,7-34H2,1-6H3. The average Bonchev–Trinajstić information content (AvgIpc) is 2.99. The minimum atomic E-state index is 0.000635. The van der Waals surface area contributed by atoms with E-state index in [9.17, 15) is 9.59 Å². The third-order valence-corrected chi connectivity index (χ3v) is 9.48. The van der Waals surface area contributed by atoms with Crippen molar-refractivity contribution in [3.63, 3.8) is 0 Å². The molecule has 0 aromatic rings. The molecule has 4 nitrogen and oxygen atoms in total. The molecule has 0 aliphatic heterocycles. The maximum atomic E-state index is 13.0. The lowest BCUT2D eigenvalue weighted by Crippen LogP contribution is -2.33. The van der Waals surface area contributed by atoms with Gasteiger partial charge in [0.05, 0.1) is 19.1 Å².